The number of nitrogens with zero attached hydrogens (tertiary/aromatic N) is 1. The van der Waals surface area contributed by atoms with Gasteiger partial charge in [-0.2, -0.15) is 0 Å². The molecule has 1 heterocycles. The second-order valence-electron chi connectivity index (χ2n) is 2.35. The summed E-state index contributed by atoms with van der Waals surface area (Å²) in [6.07, 6.45) is 2.06. The summed E-state index contributed by atoms with van der Waals surface area (Å²) < 4.78 is 4.78. The van der Waals surface area contributed by atoms with Crippen LogP contribution in [0.3, 0.4) is 0 Å². The molecular formula is C8H11NO2S. The van der Waals surface area contributed by atoms with Gasteiger partial charge in [0.05, 0.1) is 13.0 Å². The first-order valence-corrected chi connectivity index (χ1v) is 4.61. The van der Waals surface area contributed by atoms with E-state index in [1.807, 2.05) is 6.92 Å². The second kappa shape index (κ2) is 4.21. The van der Waals surface area contributed by atoms with Gasteiger partial charge in [-0.25, -0.2) is 4.98 Å². The topological polar surface area (TPSA) is 39.2 Å². The number of carbonyl (C=O) groups excluding carboxylic acids is 1. The molecule has 0 bridgehead atoms. The molecule has 1 aromatic heterocycles. The van der Waals surface area contributed by atoms with Crippen LogP contribution in [0.1, 0.15) is 16.8 Å². The van der Waals surface area contributed by atoms with Crippen molar-refractivity contribution in [3.05, 3.63) is 16.1 Å². The molecule has 0 fully saturated rings. The highest BCUT2D eigenvalue weighted by molar-refractivity contribution is 7.11. The summed E-state index contributed by atoms with van der Waals surface area (Å²) in [6.45, 7) is 4.19. The number of esters is 1. The van der Waals surface area contributed by atoms with Crippen LogP contribution in [0.2, 0.25) is 0 Å². The van der Waals surface area contributed by atoms with Gasteiger partial charge in [0.25, 0.3) is 0 Å². The molecule has 0 unspecified atom stereocenters. The Balaban J connectivity index is 2.46. The third-order valence-electron chi connectivity index (χ3n) is 1.27. The van der Waals surface area contributed by atoms with Crippen LogP contribution in [0, 0.1) is 6.92 Å². The van der Waals surface area contributed by atoms with E-state index in [1.54, 1.807) is 13.1 Å². The van der Waals surface area contributed by atoms with E-state index in [4.69, 9.17) is 4.74 Å². The van der Waals surface area contributed by atoms with Gasteiger partial charge in [-0.3, -0.25) is 4.79 Å². The summed E-state index contributed by atoms with van der Waals surface area (Å²) >= 11 is 1.53. The van der Waals surface area contributed by atoms with Crippen molar-refractivity contribution in [1.82, 2.24) is 4.98 Å². The van der Waals surface area contributed by atoms with Gasteiger partial charge in [0.1, 0.15) is 5.01 Å². The average Bonchev–Trinajstić information content (AvgIpc) is 2.36. The zero-order valence-electron chi connectivity index (χ0n) is 7.16. The molecule has 3 nitrogen and oxygen atoms in total. The fourth-order valence-electron chi connectivity index (χ4n) is 0.819. The molecule has 0 spiro atoms. The van der Waals surface area contributed by atoms with Crippen molar-refractivity contribution in [2.75, 3.05) is 6.61 Å². The lowest BCUT2D eigenvalue weighted by atomic mass is 10.4. The number of aryl methyl sites for hydroxylation is 1. The SMILES string of the molecule is CCOC(=O)Cc1ncc(C)s1. The Bertz CT molecular complexity index is 270. The van der Waals surface area contributed by atoms with E-state index in [9.17, 15) is 4.79 Å². The van der Waals surface area contributed by atoms with Crippen LogP contribution in [0.15, 0.2) is 6.20 Å². The highest BCUT2D eigenvalue weighted by Crippen LogP contribution is 2.11. The summed E-state index contributed by atoms with van der Waals surface area (Å²) in [5.41, 5.74) is 0. The third-order valence-corrected chi connectivity index (χ3v) is 2.18. The minimum Gasteiger partial charge on any atom is -0.466 e. The molecule has 4 heteroatoms. The summed E-state index contributed by atoms with van der Waals surface area (Å²) in [7, 11) is 0. The minimum absolute atomic E-state index is 0.202. The van der Waals surface area contributed by atoms with Crippen molar-refractivity contribution in [1.29, 1.82) is 0 Å². The number of hydrogen-bond donors (Lipinski definition) is 0. The predicted molar refractivity (Wildman–Crippen MR) is 47.2 cm³/mol. The Morgan fingerprint density at radius 1 is 1.75 bits per heavy atom. The van der Waals surface area contributed by atoms with Crippen molar-refractivity contribution in [3.63, 3.8) is 0 Å². The maximum absolute atomic E-state index is 11.0. The van der Waals surface area contributed by atoms with Crippen LogP contribution in [0.5, 0.6) is 0 Å². The van der Waals surface area contributed by atoms with Crippen LogP contribution in [0.4, 0.5) is 0 Å². The van der Waals surface area contributed by atoms with Crippen molar-refractivity contribution >= 4 is 17.3 Å². The smallest absolute Gasteiger partial charge is 0.312 e. The molecule has 0 amide bonds. The lowest BCUT2D eigenvalue weighted by molar-refractivity contribution is -0.142. The van der Waals surface area contributed by atoms with E-state index in [-0.39, 0.29) is 5.97 Å². The highest BCUT2D eigenvalue weighted by Gasteiger charge is 2.06. The number of rotatable bonds is 3. The van der Waals surface area contributed by atoms with Crippen LogP contribution in [-0.4, -0.2) is 17.6 Å². The highest BCUT2D eigenvalue weighted by atomic mass is 32.1. The Hall–Kier alpha value is -0.900. The normalized spacial score (nSPS) is 9.83. The number of ether oxygens (including phenoxy) is 1. The molecule has 1 aromatic rings. The summed E-state index contributed by atoms with van der Waals surface area (Å²) in [4.78, 5) is 16.1. The zero-order chi connectivity index (χ0) is 8.97. The molecule has 0 radical (unpaired) electrons. The standard InChI is InChI=1S/C8H11NO2S/c1-3-11-8(10)4-7-9-5-6(2)12-7/h5H,3-4H2,1-2H3. The van der Waals surface area contributed by atoms with Crippen LogP contribution in [-0.2, 0) is 16.0 Å². The fourth-order valence-corrected chi connectivity index (χ4v) is 1.59. The summed E-state index contributed by atoms with van der Waals surface area (Å²) in [5, 5.41) is 0.825. The van der Waals surface area contributed by atoms with Crippen molar-refractivity contribution < 1.29 is 9.53 Å². The zero-order valence-corrected chi connectivity index (χ0v) is 7.98. The van der Waals surface area contributed by atoms with Gasteiger partial charge in [0, 0.05) is 11.1 Å². The van der Waals surface area contributed by atoms with Crippen molar-refractivity contribution in [3.8, 4) is 0 Å². The molecule has 0 aromatic carbocycles. The lowest BCUT2D eigenvalue weighted by Gasteiger charge is -1.97. The molecule has 0 saturated carbocycles. The molecular weight excluding hydrogens is 174 g/mol. The molecule has 0 atom stereocenters. The first kappa shape index (κ1) is 9.19. The maximum Gasteiger partial charge on any atom is 0.312 e. The molecule has 0 saturated heterocycles. The molecule has 12 heavy (non-hydrogen) atoms. The number of aromatic nitrogens is 1. The minimum atomic E-state index is -0.202. The van der Waals surface area contributed by atoms with Gasteiger partial charge >= 0.3 is 5.97 Å². The summed E-state index contributed by atoms with van der Waals surface area (Å²) in [5.74, 6) is -0.202. The van der Waals surface area contributed by atoms with Gasteiger partial charge in [0.15, 0.2) is 0 Å². The average molecular weight is 185 g/mol. The molecule has 0 aliphatic carbocycles. The second-order valence-corrected chi connectivity index (χ2v) is 3.67. The van der Waals surface area contributed by atoms with Gasteiger partial charge < -0.3 is 4.74 Å². The Morgan fingerprint density at radius 2 is 2.50 bits per heavy atom. The largest absolute Gasteiger partial charge is 0.466 e. The number of hydrogen-bond acceptors (Lipinski definition) is 4. The van der Waals surface area contributed by atoms with E-state index in [0.717, 1.165) is 9.88 Å². The molecule has 0 N–H and O–H groups in total. The van der Waals surface area contributed by atoms with Crippen LogP contribution in [0.25, 0.3) is 0 Å². The van der Waals surface area contributed by atoms with E-state index in [2.05, 4.69) is 4.98 Å². The third kappa shape index (κ3) is 2.62. The number of carbonyl (C=O) groups is 1. The number of thiazole rings is 1. The monoisotopic (exact) mass is 185 g/mol. The Kier molecular flexibility index (Phi) is 3.22. The van der Waals surface area contributed by atoms with E-state index >= 15 is 0 Å². The van der Waals surface area contributed by atoms with Gasteiger partial charge in [-0.05, 0) is 13.8 Å². The van der Waals surface area contributed by atoms with E-state index in [1.165, 1.54) is 11.3 Å². The molecule has 1 rings (SSSR count). The van der Waals surface area contributed by atoms with Crippen molar-refractivity contribution in [2.24, 2.45) is 0 Å². The first-order chi connectivity index (χ1) is 5.72. The molecule has 66 valence electrons. The lowest BCUT2D eigenvalue weighted by Crippen LogP contribution is -2.06. The molecule has 0 aliphatic heterocycles. The van der Waals surface area contributed by atoms with Gasteiger partial charge in [-0.15, -0.1) is 11.3 Å². The first-order valence-electron chi connectivity index (χ1n) is 3.79. The van der Waals surface area contributed by atoms with Crippen LogP contribution >= 0.6 is 11.3 Å². The predicted octanol–water partition coefficient (Wildman–Crippen LogP) is 1.56. The quantitative estimate of drug-likeness (QED) is 0.671. The van der Waals surface area contributed by atoms with Crippen LogP contribution < -0.4 is 0 Å². The maximum atomic E-state index is 11.0. The Labute approximate surface area is 75.4 Å². The fraction of sp³-hybridized carbons (Fsp3) is 0.500. The van der Waals surface area contributed by atoms with Gasteiger partial charge in [0.2, 0.25) is 0 Å². The van der Waals surface area contributed by atoms with Gasteiger partial charge in [-0.1, -0.05) is 0 Å². The van der Waals surface area contributed by atoms with Crippen molar-refractivity contribution in [2.45, 2.75) is 20.3 Å². The van der Waals surface area contributed by atoms with E-state index in [0.29, 0.717) is 13.0 Å². The molecule has 0 aliphatic rings. The Morgan fingerprint density at radius 3 is 3.00 bits per heavy atom. The van der Waals surface area contributed by atoms with E-state index < -0.39 is 0 Å². The summed E-state index contributed by atoms with van der Waals surface area (Å²) in [6, 6.07) is 0.